The zero-order chi connectivity index (χ0) is 14.8. The molecule has 0 radical (unpaired) electrons. The molecule has 0 fully saturated rings. The molecule has 2 atom stereocenters. The Morgan fingerprint density at radius 3 is 2.75 bits per heavy atom. The molecule has 0 bridgehead atoms. The third kappa shape index (κ3) is 6.02. The van der Waals surface area contributed by atoms with Gasteiger partial charge in [0.25, 0.3) is 0 Å². The minimum atomic E-state index is -0.614. The maximum Gasteiger partial charge on any atom is 0.137 e. The number of para-hydroxylation sites is 1. The predicted molar refractivity (Wildman–Crippen MR) is 76.6 cm³/mol. The van der Waals surface area contributed by atoms with Gasteiger partial charge in [-0.05, 0) is 24.6 Å². The second-order valence-corrected chi connectivity index (χ2v) is 4.79. The van der Waals surface area contributed by atoms with Crippen LogP contribution in [0.25, 0.3) is 0 Å². The number of rotatable bonds is 9. The van der Waals surface area contributed by atoms with Gasteiger partial charge in [0.2, 0.25) is 0 Å². The number of hydrogen-bond acceptors (Lipinski definition) is 5. The van der Waals surface area contributed by atoms with Crippen LogP contribution in [-0.2, 0) is 4.74 Å². The molecule has 0 aliphatic carbocycles. The van der Waals surface area contributed by atoms with E-state index in [0.717, 1.165) is 6.54 Å². The molecule has 0 heterocycles. The molecule has 2 N–H and O–H groups in total. The number of aliphatic hydroxyl groups is 1. The van der Waals surface area contributed by atoms with Crippen molar-refractivity contribution in [3.63, 3.8) is 0 Å². The normalized spacial score (nSPS) is 13.5. The maximum atomic E-state index is 9.82. The smallest absolute Gasteiger partial charge is 0.137 e. The molecule has 0 amide bonds. The lowest BCUT2D eigenvalue weighted by atomic mass is 10.2. The number of benzene rings is 1. The van der Waals surface area contributed by atoms with Crippen LogP contribution in [-0.4, -0.2) is 44.6 Å². The number of methoxy groups -OCH3 is 1. The molecule has 0 aliphatic rings. The fraction of sp³-hybridized carbons (Fsp3) is 0.533. The van der Waals surface area contributed by atoms with Crippen LogP contribution in [0, 0.1) is 17.2 Å². The third-order valence-electron chi connectivity index (χ3n) is 2.76. The number of ether oxygens (including phenoxy) is 2. The second kappa shape index (κ2) is 9.32. The van der Waals surface area contributed by atoms with Crippen LogP contribution >= 0.6 is 0 Å². The van der Waals surface area contributed by atoms with Gasteiger partial charge in [0.15, 0.2) is 0 Å². The first-order valence-corrected chi connectivity index (χ1v) is 6.67. The van der Waals surface area contributed by atoms with E-state index in [-0.39, 0.29) is 6.61 Å². The van der Waals surface area contributed by atoms with E-state index < -0.39 is 6.10 Å². The van der Waals surface area contributed by atoms with E-state index in [2.05, 4.69) is 18.3 Å². The van der Waals surface area contributed by atoms with E-state index in [1.54, 1.807) is 31.4 Å². The molecule has 5 heteroatoms. The van der Waals surface area contributed by atoms with Gasteiger partial charge in [-0.15, -0.1) is 0 Å². The summed E-state index contributed by atoms with van der Waals surface area (Å²) in [6, 6.07) is 9.04. The number of hydrogen-bond donors (Lipinski definition) is 2. The first kappa shape index (κ1) is 16.4. The van der Waals surface area contributed by atoms with Crippen LogP contribution in [0.1, 0.15) is 12.5 Å². The van der Waals surface area contributed by atoms with Crippen molar-refractivity contribution in [1.82, 2.24) is 5.32 Å². The SMILES string of the molecule is COCC(C)CNCC(O)COc1ccccc1C#N. The van der Waals surface area contributed by atoms with Gasteiger partial charge < -0.3 is 19.9 Å². The first-order chi connectivity index (χ1) is 9.67. The van der Waals surface area contributed by atoms with E-state index in [4.69, 9.17) is 14.7 Å². The van der Waals surface area contributed by atoms with Gasteiger partial charge in [0, 0.05) is 20.3 Å². The zero-order valence-electron chi connectivity index (χ0n) is 12.0. The Morgan fingerprint density at radius 1 is 1.30 bits per heavy atom. The van der Waals surface area contributed by atoms with Crippen LogP contribution < -0.4 is 10.1 Å². The maximum absolute atomic E-state index is 9.82. The lowest BCUT2D eigenvalue weighted by molar-refractivity contribution is 0.102. The van der Waals surface area contributed by atoms with Crippen LogP contribution in [0.4, 0.5) is 0 Å². The summed E-state index contributed by atoms with van der Waals surface area (Å²) in [6.45, 7) is 4.14. The second-order valence-electron chi connectivity index (χ2n) is 4.79. The lowest BCUT2D eigenvalue weighted by Crippen LogP contribution is -2.34. The topological polar surface area (TPSA) is 74.5 Å². The van der Waals surface area contributed by atoms with Crippen molar-refractivity contribution >= 4 is 0 Å². The predicted octanol–water partition coefficient (Wildman–Crippen LogP) is 1.17. The summed E-state index contributed by atoms with van der Waals surface area (Å²) in [6.07, 6.45) is -0.614. The van der Waals surface area contributed by atoms with Crippen molar-refractivity contribution in [3.05, 3.63) is 29.8 Å². The summed E-state index contributed by atoms with van der Waals surface area (Å²) in [5, 5.41) is 21.9. The monoisotopic (exact) mass is 278 g/mol. The van der Waals surface area contributed by atoms with E-state index in [1.807, 2.05) is 0 Å². The van der Waals surface area contributed by atoms with Crippen LogP contribution in [0.5, 0.6) is 5.75 Å². The highest BCUT2D eigenvalue weighted by Gasteiger charge is 2.08. The molecule has 0 saturated heterocycles. The van der Waals surface area contributed by atoms with Crippen molar-refractivity contribution in [2.45, 2.75) is 13.0 Å². The third-order valence-corrected chi connectivity index (χ3v) is 2.76. The van der Waals surface area contributed by atoms with Crippen molar-refractivity contribution in [2.24, 2.45) is 5.92 Å². The Morgan fingerprint density at radius 2 is 2.05 bits per heavy atom. The number of nitriles is 1. The summed E-state index contributed by atoms with van der Waals surface area (Å²) >= 11 is 0. The molecular formula is C15H22N2O3. The summed E-state index contributed by atoms with van der Waals surface area (Å²) in [5.41, 5.74) is 0.473. The minimum Gasteiger partial charge on any atom is -0.489 e. The molecule has 0 aliphatic heterocycles. The van der Waals surface area contributed by atoms with Gasteiger partial charge in [-0.1, -0.05) is 19.1 Å². The molecule has 0 aromatic heterocycles. The average Bonchev–Trinajstić information content (AvgIpc) is 2.45. The molecule has 1 aromatic carbocycles. The standard InChI is InChI=1S/C15H22N2O3/c1-12(10-19-2)8-17-9-14(18)11-20-15-6-4-3-5-13(15)7-16/h3-6,12,14,17-18H,8-11H2,1-2H3. The molecule has 5 nitrogen and oxygen atoms in total. The first-order valence-electron chi connectivity index (χ1n) is 6.67. The largest absolute Gasteiger partial charge is 0.489 e. The molecule has 0 spiro atoms. The van der Waals surface area contributed by atoms with Gasteiger partial charge >= 0.3 is 0 Å². The summed E-state index contributed by atoms with van der Waals surface area (Å²) in [5.74, 6) is 0.897. The number of nitrogens with zero attached hydrogens (tertiary/aromatic N) is 1. The lowest BCUT2D eigenvalue weighted by Gasteiger charge is -2.16. The molecule has 0 saturated carbocycles. The van der Waals surface area contributed by atoms with Gasteiger partial charge in [-0.25, -0.2) is 0 Å². The van der Waals surface area contributed by atoms with E-state index >= 15 is 0 Å². The van der Waals surface area contributed by atoms with Gasteiger partial charge in [0.05, 0.1) is 5.56 Å². The number of nitrogens with one attached hydrogen (secondary N) is 1. The summed E-state index contributed by atoms with van der Waals surface area (Å²) in [4.78, 5) is 0. The van der Waals surface area contributed by atoms with Crippen LogP contribution in [0.15, 0.2) is 24.3 Å². The van der Waals surface area contributed by atoms with Crippen molar-refractivity contribution in [1.29, 1.82) is 5.26 Å². The highest BCUT2D eigenvalue weighted by atomic mass is 16.5. The average molecular weight is 278 g/mol. The van der Waals surface area contributed by atoms with E-state index in [0.29, 0.717) is 30.4 Å². The van der Waals surface area contributed by atoms with E-state index in [1.165, 1.54) is 0 Å². The zero-order valence-corrected chi connectivity index (χ0v) is 12.0. The molecule has 2 unspecified atom stereocenters. The van der Waals surface area contributed by atoms with Gasteiger partial charge in [-0.3, -0.25) is 0 Å². The molecule has 110 valence electrons. The molecular weight excluding hydrogens is 256 g/mol. The Balaban J connectivity index is 2.26. The fourth-order valence-electron chi connectivity index (χ4n) is 1.77. The Labute approximate surface area is 120 Å². The molecule has 1 aromatic rings. The highest BCUT2D eigenvalue weighted by molar-refractivity contribution is 5.42. The van der Waals surface area contributed by atoms with Crippen LogP contribution in [0.3, 0.4) is 0 Å². The Hall–Kier alpha value is -1.61. The van der Waals surface area contributed by atoms with E-state index in [9.17, 15) is 5.11 Å². The summed E-state index contributed by atoms with van der Waals surface area (Å²) in [7, 11) is 1.67. The Bertz CT molecular complexity index is 431. The fourth-order valence-corrected chi connectivity index (χ4v) is 1.77. The number of aliphatic hydroxyl groups excluding tert-OH is 1. The molecule has 1 rings (SSSR count). The van der Waals surface area contributed by atoms with Crippen molar-refractivity contribution < 1.29 is 14.6 Å². The molecule has 20 heavy (non-hydrogen) atoms. The van der Waals surface area contributed by atoms with Crippen LogP contribution in [0.2, 0.25) is 0 Å². The minimum absolute atomic E-state index is 0.157. The quantitative estimate of drug-likeness (QED) is 0.709. The Kier molecular flexibility index (Phi) is 7.66. The van der Waals surface area contributed by atoms with Gasteiger partial charge in [-0.2, -0.15) is 5.26 Å². The summed E-state index contributed by atoms with van der Waals surface area (Å²) < 4.78 is 10.5. The highest BCUT2D eigenvalue weighted by Crippen LogP contribution is 2.16. The van der Waals surface area contributed by atoms with Crippen molar-refractivity contribution in [2.75, 3.05) is 33.4 Å². The van der Waals surface area contributed by atoms with Crippen molar-refractivity contribution in [3.8, 4) is 11.8 Å². The van der Waals surface area contributed by atoms with Gasteiger partial charge in [0.1, 0.15) is 24.5 Å².